The third-order valence-electron chi connectivity index (χ3n) is 9.37. The molecule has 1 N–H and O–H groups in total. The van der Waals surface area contributed by atoms with Crippen molar-refractivity contribution in [3.05, 3.63) is 54.2 Å². The monoisotopic (exact) mass is 641 g/mol. The smallest absolute Gasteiger partial charge is 0.407 e. The van der Waals surface area contributed by atoms with Crippen molar-refractivity contribution in [2.45, 2.75) is 103 Å². The number of methoxy groups -OCH3 is 1. The van der Waals surface area contributed by atoms with Gasteiger partial charge in [0.25, 0.3) is 0 Å². The zero-order valence-electron chi connectivity index (χ0n) is 28.2. The van der Waals surface area contributed by atoms with Gasteiger partial charge >= 0.3 is 6.09 Å². The molecule has 0 bridgehead atoms. The molecule has 11 nitrogen and oxygen atoms in total. The number of carbonyl (C=O) groups excluding carboxylic acids is 2. The summed E-state index contributed by atoms with van der Waals surface area (Å²) in [6.07, 6.45) is 11.4. The van der Waals surface area contributed by atoms with Crippen LogP contribution in [-0.4, -0.2) is 57.5 Å². The number of amides is 2. The van der Waals surface area contributed by atoms with E-state index < -0.39 is 6.09 Å². The number of hydrogen-bond acceptors (Lipinski definition) is 8. The Bertz CT molecular complexity index is 1560. The number of rotatable bonds is 10. The van der Waals surface area contributed by atoms with E-state index in [4.69, 9.17) is 14.5 Å². The second-order valence-electron chi connectivity index (χ2n) is 13.4. The molecule has 0 unspecified atom stereocenters. The molecule has 2 fully saturated rings. The van der Waals surface area contributed by atoms with Crippen LogP contribution in [0.25, 0.3) is 11.1 Å². The van der Waals surface area contributed by atoms with Gasteiger partial charge in [-0.1, -0.05) is 0 Å². The van der Waals surface area contributed by atoms with Gasteiger partial charge in [-0.15, -0.1) is 0 Å². The molecule has 0 aliphatic heterocycles. The molecule has 3 heterocycles. The number of aromatic nitrogens is 4. The molecule has 2 saturated carbocycles. The minimum atomic E-state index is -0.400. The molecular formula is C36H47N7O4. The van der Waals surface area contributed by atoms with Crippen molar-refractivity contribution >= 4 is 17.8 Å². The van der Waals surface area contributed by atoms with E-state index in [1.807, 2.05) is 60.1 Å². The van der Waals surface area contributed by atoms with E-state index in [-0.39, 0.29) is 35.9 Å². The Morgan fingerprint density at radius 3 is 2.43 bits per heavy atom. The highest BCUT2D eigenvalue weighted by Crippen LogP contribution is 2.38. The van der Waals surface area contributed by atoms with Crippen molar-refractivity contribution in [1.29, 1.82) is 5.26 Å². The van der Waals surface area contributed by atoms with Crippen LogP contribution in [0.5, 0.6) is 5.75 Å². The van der Waals surface area contributed by atoms with Gasteiger partial charge in [0.2, 0.25) is 5.91 Å². The van der Waals surface area contributed by atoms with Crippen molar-refractivity contribution in [2.75, 3.05) is 18.6 Å². The number of nitriles is 1. The lowest BCUT2D eigenvalue weighted by Crippen LogP contribution is -2.43. The van der Waals surface area contributed by atoms with Gasteiger partial charge in [-0.3, -0.25) is 14.4 Å². The minimum absolute atomic E-state index is 0.00881. The molecule has 250 valence electrons. The molecule has 2 aliphatic rings. The number of alkyl carbamates (subject to hydrolysis) is 1. The number of carbonyl (C=O) groups is 2. The highest BCUT2D eigenvalue weighted by atomic mass is 16.6. The minimum Gasteiger partial charge on any atom is -0.494 e. The fourth-order valence-electron chi connectivity index (χ4n) is 6.71. The lowest BCUT2D eigenvalue weighted by molar-refractivity contribution is -0.124. The van der Waals surface area contributed by atoms with Crippen molar-refractivity contribution in [2.24, 2.45) is 11.8 Å². The van der Waals surface area contributed by atoms with Gasteiger partial charge in [0.15, 0.2) is 11.4 Å². The summed E-state index contributed by atoms with van der Waals surface area (Å²) >= 11 is 0. The van der Waals surface area contributed by atoms with Crippen LogP contribution in [0.2, 0.25) is 0 Å². The van der Waals surface area contributed by atoms with E-state index in [2.05, 4.69) is 35.3 Å². The Morgan fingerprint density at radius 2 is 1.79 bits per heavy atom. The topological polar surface area (TPSA) is 135 Å². The van der Waals surface area contributed by atoms with Crippen LogP contribution < -0.4 is 15.0 Å². The van der Waals surface area contributed by atoms with E-state index in [0.29, 0.717) is 55.4 Å². The van der Waals surface area contributed by atoms with Crippen molar-refractivity contribution in [1.82, 2.24) is 25.1 Å². The molecule has 0 radical (unpaired) electrons. The highest BCUT2D eigenvalue weighted by Gasteiger charge is 2.34. The molecule has 2 amide bonds. The molecule has 0 aromatic carbocycles. The largest absolute Gasteiger partial charge is 0.494 e. The van der Waals surface area contributed by atoms with Crippen molar-refractivity contribution in [3.63, 3.8) is 0 Å². The van der Waals surface area contributed by atoms with Crippen LogP contribution in [0.1, 0.15) is 102 Å². The van der Waals surface area contributed by atoms with E-state index in [1.54, 1.807) is 13.3 Å². The Labute approximate surface area is 277 Å². The Morgan fingerprint density at radius 1 is 1.04 bits per heavy atom. The third-order valence-corrected chi connectivity index (χ3v) is 9.37. The third kappa shape index (κ3) is 8.47. The summed E-state index contributed by atoms with van der Waals surface area (Å²) < 4.78 is 12.8. The molecule has 2 aliphatic carbocycles. The summed E-state index contributed by atoms with van der Waals surface area (Å²) in [5.41, 5.74) is 3.19. The summed E-state index contributed by atoms with van der Waals surface area (Å²) in [7, 11) is 1.55. The van der Waals surface area contributed by atoms with Crippen molar-refractivity contribution in [3.8, 4) is 22.9 Å². The predicted octanol–water partition coefficient (Wildman–Crippen LogP) is 6.80. The number of ether oxygens (including phenoxy) is 2. The second-order valence-corrected chi connectivity index (χ2v) is 13.4. The average Bonchev–Trinajstić information content (AvgIpc) is 3.58. The fourth-order valence-corrected chi connectivity index (χ4v) is 6.71. The molecule has 3 aromatic heterocycles. The molecule has 0 saturated heterocycles. The van der Waals surface area contributed by atoms with Crippen LogP contribution in [0.3, 0.4) is 0 Å². The first kappa shape index (κ1) is 33.9. The van der Waals surface area contributed by atoms with E-state index in [1.165, 1.54) is 0 Å². The van der Waals surface area contributed by atoms with Gasteiger partial charge < -0.3 is 14.8 Å². The van der Waals surface area contributed by atoms with Crippen molar-refractivity contribution < 1.29 is 19.1 Å². The van der Waals surface area contributed by atoms with Crippen LogP contribution in [0.4, 0.5) is 10.6 Å². The normalized spacial score (nSPS) is 21.2. The van der Waals surface area contributed by atoms with Gasteiger partial charge in [0.05, 0.1) is 13.3 Å². The molecule has 11 heteroatoms. The van der Waals surface area contributed by atoms with Crippen LogP contribution >= 0.6 is 0 Å². The lowest BCUT2D eigenvalue weighted by Gasteiger charge is -2.35. The quantitative estimate of drug-likeness (QED) is 0.255. The second kappa shape index (κ2) is 15.4. The van der Waals surface area contributed by atoms with Gasteiger partial charge in [0.1, 0.15) is 18.0 Å². The first-order chi connectivity index (χ1) is 22.6. The van der Waals surface area contributed by atoms with Gasteiger partial charge in [-0.05, 0) is 115 Å². The molecule has 0 atom stereocenters. The average molecular weight is 642 g/mol. The molecule has 0 spiro atoms. The SMILES string of the molecule is COc1ccc(C2CCC(CN(C(=O)C3CCC(OC(=O)NC(C)C)CC3)c3cc(-c4cnn(C(C)C)c4)ccn3)CC2)nc1C#N. The summed E-state index contributed by atoms with van der Waals surface area (Å²) in [5, 5.41) is 16.8. The Balaban J connectivity index is 1.31. The van der Waals surface area contributed by atoms with Crippen LogP contribution in [0, 0.1) is 23.2 Å². The molecule has 5 rings (SSSR count). The summed E-state index contributed by atoms with van der Waals surface area (Å²) in [5.74, 6) is 1.62. The van der Waals surface area contributed by atoms with Gasteiger partial charge in [0, 0.05) is 54.1 Å². The standard InChI is InChI=1S/C36H47N7O4/c1-23(2)40-36(45)47-30-12-10-27(11-13-30)35(44)42(34-18-28(16-17-38-34)29-20-39-43(22-29)24(3)4)21-25-6-8-26(9-7-25)31-14-15-33(46-5)32(19-37)41-31/h14-18,20,22-27,30H,6-13,21H2,1-5H3,(H,40,45). The number of hydrogen-bond donors (Lipinski definition) is 1. The lowest BCUT2D eigenvalue weighted by atomic mass is 9.79. The first-order valence-corrected chi connectivity index (χ1v) is 16.9. The number of nitrogens with zero attached hydrogens (tertiary/aromatic N) is 6. The van der Waals surface area contributed by atoms with Gasteiger partial charge in [-0.25, -0.2) is 14.8 Å². The summed E-state index contributed by atoms with van der Waals surface area (Å²) in [4.78, 5) is 37.7. The maximum Gasteiger partial charge on any atom is 0.407 e. The highest BCUT2D eigenvalue weighted by molar-refractivity contribution is 5.94. The zero-order chi connectivity index (χ0) is 33.5. The van der Waals surface area contributed by atoms with Crippen LogP contribution in [0.15, 0.2) is 42.9 Å². The van der Waals surface area contributed by atoms with E-state index in [9.17, 15) is 14.9 Å². The first-order valence-electron chi connectivity index (χ1n) is 16.9. The number of pyridine rings is 2. The summed E-state index contributed by atoms with van der Waals surface area (Å²) in [6, 6.07) is 10.1. The predicted molar refractivity (Wildman–Crippen MR) is 179 cm³/mol. The van der Waals surface area contributed by atoms with E-state index >= 15 is 0 Å². The fraction of sp³-hybridized carbons (Fsp3) is 0.556. The summed E-state index contributed by atoms with van der Waals surface area (Å²) in [6.45, 7) is 8.57. The Kier molecular flexibility index (Phi) is 11.1. The van der Waals surface area contributed by atoms with E-state index in [0.717, 1.165) is 42.5 Å². The maximum absolute atomic E-state index is 14.3. The van der Waals surface area contributed by atoms with Crippen LogP contribution in [-0.2, 0) is 9.53 Å². The van der Waals surface area contributed by atoms with Gasteiger partial charge in [-0.2, -0.15) is 10.4 Å². The molecular weight excluding hydrogens is 594 g/mol. The molecule has 47 heavy (non-hydrogen) atoms. The Hall–Kier alpha value is -4.46. The number of anilines is 1. The maximum atomic E-state index is 14.3. The number of nitrogens with one attached hydrogen (secondary N) is 1. The zero-order valence-corrected chi connectivity index (χ0v) is 28.2. The molecule has 3 aromatic rings.